The topological polar surface area (TPSA) is 110 Å². The number of rotatable bonds is 7. The largest absolute Gasteiger partial charge is 0.497 e. The molecule has 2 aromatic heterocycles. The van der Waals surface area contributed by atoms with Gasteiger partial charge in [-0.3, -0.25) is 0 Å². The number of piperazine rings is 1. The van der Waals surface area contributed by atoms with Crippen molar-refractivity contribution in [3.63, 3.8) is 0 Å². The van der Waals surface area contributed by atoms with Crippen molar-refractivity contribution >= 4 is 27.5 Å². The third-order valence-corrected chi connectivity index (χ3v) is 7.06. The van der Waals surface area contributed by atoms with E-state index in [-0.39, 0.29) is 10.6 Å². The van der Waals surface area contributed by atoms with Crippen LogP contribution in [0.4, 0.5) is 17.5 Å². The van der Waals surface area contributed by atoms with Gasteiger partial charge in [-0.05, 0) is 24.3 Å². The van der Waals surface area contributed by atoms with Crippen LogP contribution in [0.15, 0.2) is 59.9 Å². The molecule has 10 nitrogen and oxygen atoms in total. The van der Waals surface area contributed by atoms with Crippen LogP contribution in [0.5, 0.6) is 11.5 Å². The summed E-state index contributed by atoms with van der Waals surface area (Å²) >= 11 is 0. The van der Waals surface area contributed by atoms with Crippen molar-refractivity contribution in [1.82, 2.24) is 19.3 Å². The maximum atomic E-state index is 13.2. The minimum atomic E-state index is -3.71. The zero-order chi connectivity index (χ0) is 22.6. The highest BCUT2D eigenvalue weighted by Gasteiger charge is 2.31. The standard InChI is InChI=1S/C21H24N6O4S/c1-30-16-6-7-18(17(13-16)31-2)32(28,29)27-11-9-26(10-12-27)21-14-20(23-15-24-21)25-19-5-3-4-8-22-19/h3-8,13-15H,9-12H2,1-2H3,(H,22,23,24,25). The monoisotopic (exact) mass is 456 g/mol. The maximum absolute atomic E-state index is 13.2. The first kappa shape index (κ1) is 21.8. The molecule has 1 fully saturated rings. The second-order valence-corrected chi connectivity index (χ2v) is 8.92. The lowest BCUT2D eigenvalue weighted by molar-refractivity contribution is 0.369. The number of aromatic nitrogens is 3. The van der Waals surface area contributed by atoms with Crippen LogP contribution >= 0.6 is 0 Å². The Hall–Kier alpha value is -3.44. The minimum Gasteiger partial charge on any atom is -0.497 e. The van der Waals surface area contributed by atoms with Gasteiger partial charge in [0, 0.05) is 44.5 Å². The van der Waals surface area contributed by atoms with Crippen LogP contribution in [-0.2, 0) is 10.0 Å². The molecule has 1 aliphatic rings. The fourth-order valence-corrected chi connectivity index (χ4v) is 5.00. The molecule has 168 valence electrons. The molecule has 3 heterocycles. The molecule has 0 spiro atoms. The first-order valence-corrected chi connectivity index (χ1v) is 11.4. The smallest absolute Gasteiger partial charge is 0.246 e. The first-order valence-electron chi connectivity index (χ1n) is 9.98. The van der Waals surface area contributed by atoms with Gasteiger partial charge in [-0.1, -0.05) is 6.07 Å². The highest BCUT2D eigenvalue weighted by molar-refractivity contribution is 7.89. The number of hydrogen-bond donors (Lipinski definition) is 1. The number of pyridine rings is 1. The van der Waals surface area contributed by atoms with Gasteiger partial charge >= 0.3 is 0 Å². The molecule has 0 amide bonds. The zero-order valence-corrected chi connectivity index (χ0v) is 18.6. The van der Waals surface area contributed by atoms with E-state index in [9.17, 15) is 8.42 Å². The molecule has 0 radical (unpaired) electrons. The number of nitrogens with one attached hydrogen (secondary N) is 1. The summed E-state index contributed by atoms with van der Waals surface area (Å²) in [5, 5.41) is 3.14. The number of nitrogens with zero attached hydrogens (tertiary/aromatic N) is 5. The minimum absolute atomic E-state index is 0.123. The Morgan fingerprint density at radius 1 is 0.906 bits per heavy atom. The summed E-state index contributed by atoms with van der Waals surface area (Å²) in [7, 11) is -0.749. The van der Waals surface area contributed by atoms with Crippen LogP contribution in [0.3, 0.4) is 0 Å². The molecule has 3 aromatic rings. The normalized spacial score (nSPS) is 14.8. The maximum Gasteiger partial charge on any atom is 0.246 e. The average Bonchev–Trinajstić information content (AvgIpc) is 2.84. The third kappa shape index (κ3) is 4.58. The summed E-state index contributed by atoms with van der Waals surface area (Å²) in [6.07, 6.45) is 3.17. The van der Waals surface area contributed by atoms with Crippen LogP contribution in [-0.4, -0.2) is 68.1 Å². The number of methoxy groups -OCH3 is 2. The molecule has 1 aliphatic heterocycles. The van der Waals surface area contributed by atoms with Gasteiger partial charge in [0.05, 0.1) is 14.2 Å². The molecule has 1 aromatic carbocycles. The molecular weight excluding hydrogens is 432 g/mol. The van der Waals surface area contributed by atoms with Gasteiger partial charge in [-0.15, -0.1) is 0 Å². The summed E-state index contributed by atoms with van der Waals surface area (Å²) in [6.45, 7) is 1.64. The molecule has 1 N–H and O–H groups in total. The number of sulfonamides is 1. The Bertz CT molecular complexity index is 1170. The molecule has 0 unspecified atom stereocenters. The van der Waals surface area contributed by atoms with Gasteiger partial charge in [0.15, 0.2) is 0 Å². The van der Waals surface area contributed by atoms with Gasteiger partial charge in [0.1, 0.15) is 40.2 Å². The van der Waals surface area contributed by atoms with E-state index >= 15 is 0 Å². The van der Waals surface area contributed by atoms with Crippen molar-refractivity contribution < 1.29 is 17.9 Å². The summed E-state index contributed by atoms with van der Waals surface area (Å²) in [5.41, 5.74) is 0. The lowest BCUT2D eigenvalue weighted by Crippen LogP contribution is -2.49. The van der Waals surface area contributed by atoms with Crippen molar-refractivity contribution in [3.8, 4) is 11.5 Å². The lowest BCUT2D eigenvalue weighted by Gasteiger charge is -2.34. The van der Waals surface area contributed by atoms with Crippen molar-refractivity contribution in [1.29, 1.82) is 0 Å². The van der Waals surface area contributed by atoms with E-state index in [1.165, 1.54) is 30.9 Å². The Morgan fingerprint density at radius 2 is 1.72 bits per heavy atom. The van der Waals surface area contributed by atoms with Crippen molar-refractivity contribution in [3.05, 3.63) is 55.0 Å². The van der Waals surface area contributed by atoms with Crippen LogP contribution in [0.2, 0.25) is 0 Å². The fourth-order valence-electron chi connectivity index (χ4n) is 3.44. The molecule has 32 heavy (non-hydrogen) atoms. The highest BCUT2D eigenvalue weighted by atomic mass is 32.2. The Kier molecular flexibility index (Phi) is 6.37. The van der Waals surface area contributed by atoms with Crippen LogP contribution < -0.4 is 19.7 Å². The van der Waals surface area contributed by atoms with Crippen LogP contribution in [0.1, 0.15) is 0 Å². The fraction of sp³-hybridized carbons (Fsp3) is 0.286. The van der Waals surface area contributed by atoms with Crippen molar-refractivity contribution in [2.24, 2.45) is 0 Å². The second kappa shape index (κ2) is 9.37. The first-order chi connectivity index (χ1) is 15.5. The van der Waals surface area contributed by atoms with Gasteiger partial charge in [0.25, 0.3) is 0 Å². The van der Waals surface area contributed by atoms with E-state index in [4.69, 9.17) is 9.47 Å². The van der Waals surface area contributed by atoms with Gasteiger partial charge < -0.3 is 19.7 Å². The average molecular weight is 457 g/mol. The highest BCUT2D eigenvalue weighted by Crippen LogP contribution is 2.31. The summed E-state index contributed by atoms with van der Waals surface area (Å²) in [6, 6.07) is 12.1. The van der Waals surface area contributed by atoms with E-state index in [0.717, 1.165) is 5.82 Å². The van der Waals surface area contributed by atoms with Gasteiger partial charge in [-0.2, -0.15) is 4.31 Å². The number of hydrogen-bond acceptors (Lipinski definition) is 9. The Morgan fingerprint density at radius 3 is 2.41 bits per heavy atom. The molecule has 0 bridgehead atoms. The molecular formula is C21H24N6O4S. The Labute approximate surface area is 186 Å². The molecule has 11 heteroatoms. The molecule has 4 rings (SSSR count). The van der Waals surface area contributed by atoms with Crippen molar-refractivity contribution in [2.45, 2.75) is 4.90 Å². The van der Waals surface area contributed by atoms with Gasteiger partial charge in [0.2, 0.25) is 10.0 Å². The van der Waals surface area contributed by atoms with E-state index in [1.807, 2.05) is 29.2 Å². The molecule has 0 atom stereocenters. The lowest BCUT2D eigenvalue weighted by atomic mass is 10.3. The number of benzene rings is 1. The summed E-state index contributed by atoms with van der Waals surface area (Å²) in [5.74, 6) is 2.81. The SMILES string of the molecule is COc1ccc(S(=O)(=O)N2CCN(c3cc(Nc4ccccn4)ncn3)CC2)c(OC)c1. The van der Waals surface area contributed by atoms with Crippen molar-refractivity contribution in [2.75, 3.05) is 50.6 Å². The van der Waals surface area contributed by atoms with E-state index in [1.54, 1.807) is 18.3 Å². The summed E-state index contributed by atoms with van der Waals surface area (Å²) in [4.78, 5) is 15.0. The predicted molar refractivity (Wildman–Crippen MR) is 120 cm³/mol. The van der Waals surface area contributed by atoms with Gasteiger partial charge in [-0.25, -0.2) is 23.4 Å². The van der Waals surface area contributed by atoms with E-state index in [0.29, 0.717) is 43.6 Å². The van der Waals surface area contributed by atoms with Crippen LogP contribution in [0, 0.1) is 0 Å². The Balaban J connectivity index is 1.46. The zero-order valence-electron chi connectivity index (χ0n) is 17.8. The summed E-state index contributed by atoms with van der Waals surface area (Å²) < 4.78 is 38.3. The quantitative estimate of drug-likeness (QED) is 0.572. The molecule has 0 aliphatic carbocycles. The predicted octanol–water partition coefficient (Wildman–Crippen LogP) is 2.14. The molecule has 1 saturated heterocycles. The number of ether oxygens (including phenoxy) is 2. The second-order valence-electron chi connectivity index (χ2n) is 7.01. The third-order valence-electron chi connectivity index (χ3n) is 5.12. The van der Waals surface area contributed by atoms with Crippen LogP contribution in [0.25, 0.3) is 0 Å². The van der Waals surface area contributed by atoms with E-state index < -0.39 is 10.0 Å². The van der Waals surface area contributed by atoms with E-state index in [2.05, 4.69) is 20.3 Å². The number of anilines is 3. The molecule has 0 saturated carbocycles.